The molecule has 4 aromatic rings. The average Bonchev–Trinajstić information content (AvgIpc) is 3.13. The van der Waals surface area contributed by atoms with E-state index in [0.29, 0.717) is 21.4 Å². The van der Waals surface area contributed by atoms with Crippen molar-refractivity contribution in [2.45, 2.75) is 62.0 Å². The Morgan fingerprint density at radius 3 is 2.06 bits per heavy atom. The summed E-state index contributed by atoms with van der Waals surface area (Å²) in [6, 6.07) is 25.8. The highest BCUT2D eigenvalue weighted by atomic mass is 35.5. The molecule has 0 saturated heterocycles. The number of ether oxygens (including phenoxy) is 2. The Morgan fingerprint density at radius 2 is 1.44 bits per heavy atom. The topological polar surface area (TPSA) is 105 Å². The summed E-state index contributed by atoms with van der Waals surface area (Å²) in [4.78, 5) is 30.5. The Labute approximate surface area is 304 Å². The van der Waals surface area contributed by atoms with Crippen molar-refractivity contribution in [2.75, 3.05) is 25.1 Å². The molecule has 4 aromatic carbocycles. The third kappa shape index (κ3) is 8.91. The summed E-state index contributed by atoms with van der Waals surface area (Å²) >= 11 is 13.3. The van der Waals surface area contributed by atoms with Crippen molar-refractivity contribution in [3.05, 3.63) is 118 Å². The second-order valence-corrected chi connectivity index (χ2v) is 14.8. The van der Waals surface area contributed by atoms with Crippen molar-refractivity contribution in [1.29, 1.82) is 0 Å². The number of anilines is 1. The molecule has 0 bridgehead atoms. The first-order valence-corrected chi connectivity index (χ1v) is 18.7. The quantitative estimate of drug-likeness (QED) is 0.146. The second-order valence-electron chi connectivity index (χ2n) is 12.1. The number of rotatable bonds is 14. The van der Waals surface area contributed by atoms with Gasteiger partial charge in [-0.15, -0.1) is 0 Å². The molecular formula is C38H41Cl2N3O6S. The smallest absolute Gasteiger partial charge is 0.264 e. The fourth-order valence-corrected chi connectivity index (χ4v) is 8.12. The standard InChI is InChI=1S/C38H41Cl2N3O6S/c1-48-35-22-21-29(24-36(35)49-2)43(50(46,47)30-17-10-5-11-18-30)26-37(44)42(25-31-32(39)19-12-20-33(31)40)34(23-27-13-6-3-7-14-27)38(45)41-28-15-8-4-9-16-28/h3,5-7,10-14,17-22,24,28,34H,4,8-9,15-16,23,25-26H2,1-2H3,(H,41,45)/t34-/m0/s1. The monoisotopic (exact) mass is 737 g/mol. The molecule has 9 nitrogen and oxygen atoms in total. The molecule has 1 aliphatic rings. The molecule has 0 spiro atoms. The molecule has 2 amide bonds. The van der Waals surface area contributed by atoms with E-state index in [1.165, 1.54) is 37.3 Å². The van der Waals surface area contributed by atoms with Gasteiger partial charge in [-0.1, -0.05) is 97.1 Å². The van der Waals surface area contributed by atoms with Crippen molar-refractivity contribution < 1.29 is 27.5 Å². The molecule has 1 fully saturated rings. The maximum absolute atomic E-state index is 14.8. The first kappa shape index (κ1) is 37.0. The van der Waals surface area contributed by atoms with Gasteiger partial charge in [0.25, 0.3) is 10.0 Å². The van der Waals surface area contributed by atoms with E-state index in [4.69, 9.17) is 32.7 Å². The van der Waals surface area contributed by atoms with Gasteiger partial charge >= 0.3 is 0 Å². The molecule has 0 aromatic heterocycles. The molecule has 0 radical (unpaired) electrons. The van der Waals surface area contributed by atoms with Crippen LogP contribution in [-0.4, -0.2) is 58.0 Å². The lowest BCUT2D eigenvalue weighted by Gasteiger charge is -2.35. The minimum absolute atomic E-state index is 0.0147. The average molecular weight is 739 g/mol. The first-order valence-electron chi connectivity index (χ1n) is 16.5. The summed E-state index contributed by atoms with van der Waals surface area (Å²) in [5.74, 6) is -0.299. The summed E-state index contributed by atoms with van der Waals surface area (Å²) in [6.07, 6.45) is 4.98. The van der Waals surface area contributed by atoms with Crippen LogP contribution in [0.1, 0.15) is 43.2 Å². The maximum atomic E-state index is 14.8. The minimum Gasteiger partial charge on any atom is -0.493 e. The molecule has 50 heavy (non-hydrogen) atoms. The van der Waals surface area contributed by atoms with Gasteiger partial charge in [-0.3, -0.25) is 13.9 Å². The van der Waals surface area contributed by atoms with Crippen LogP contribution < -0.4 is 19.1 Å². The number of methoxy groups -OCH3 is 2. The number of sulfonamides is 1. The summed E-state index contributed by atoms with van der Waals surface area (Å²) in [5, 5.41) is 3.83. The van der Waals surface area contributed by atoms with Crippen LogP contribution in [0.25, 0.3) is 0 Å². The largest absolute Gasteiger partial charge is 0.493 e. The molecule has 1 N–H and O–H groups in total. The maximum Gasteiger partial charge on any atom is 0.264 e. The van der Waals surface area contributed by atoms with E-state index < -0.39 is 28.5 Å². The molecule has 5 rings (SSSR count). The van der Waals surface area contributed by atoms with E-state index in [-0.39, 0.29) is 41.2 Å². The number of carbonyl (C=O) groups excluding carboxylic acids is 2. The van der Waals surface area contributed by atoms with Gasteiger partial charge in [0.05, 0.1) is 24.8 Å². The zero-order valence-corrected chi connectivity index (χ0v) is 30.4. The van der Waals surface area contributed by atoms with Crippen LogP contribution in [-0.2, 0) is 32.6 Å². The van der Waals surface area contributed by atoms with E-state index in [1.807, 2.05) is 30.3 Å². The zero-order chi connectivity index (χ0) is 35.7. The van der Waals surface area contributed by atoms with E-state index in [9.17, 15) is 18.0 Å². The van der Waals surface area contributed by atoms with Gasteiger partial charge in [-0.2, -0.15) is 0 Å². The van der Waals surface area contributed by atoms with E-state index in [1.54, 1.807) is 48.5 Å². The van der Waals surface area contributed by atoms with Crippen molar-refractivity contribution in [3.63, 3.8) is 0 Å². The highest BCUT2D eigenvalue weighted by Gasteiger charge is 2.36. The summed E-state index contributed by atoms with van der Waals surface area (Å²) in [7, 11) is -1.39. The third-order valence-electron chi connectivity index (χ3n) is 8.88. The number of amides is 2. The van der Waals surface area contributed by atoms with Gasteiger partial charge in [0.15, 0.2) is 11.5 Å². The van der Waals surface area contributed by atoms with E-state index >= 15 is 0 Å². The highest BCUT2D eigenvalue weighted by Crippen LogP contribution is 2.34. The molecule has 1 aliphatic carbocycles. The predicted molar refractivity (Wildman–Crippen MR) is 196 cm³/mol. The molecule has 264 valence electrons. The predicted octanol–water partition coefficient (Wildman–Crippen LogP) is 7.29. The first-order chi connectivity index (χ1) is 24.1. The molecule has 0 aliphatic heterocycles. The highest BCUT2D eigenvalue weighted by molar-refractivity contribution is 7.92. The van der Waals surface area contributed by atoms with Gasteiger partial charge in [0.1, 0.15) is 12.6 Å². The van der Waals surface area contributed by atoms with Crippen LogP contribution in [0.2, 0.25) is 10.0 Å². The van der Waals surface area contributed by atoms with Crippen molar-refractivity contribution >= 4 is 50.7 Å². The normalized spacial score (nSPS) is 14.0. The number of halogens is 2. The van der Waals surface area contributed by atoms with Crippen molar-refractivity contribution in [2.24, 2.45) is 0 Å². The van der Waals surface area contributed by atoms with E-state index in [0.717, 1.165) is 42.0 Å². The van der Waals surface area contributed by atoms with Crippen molar-refractivity contribution in [1.82, 2.24) is 10.2 Å². The fraction of sp³-hybridized carbons (Fsp3) is 0.316. The van der Waals surface area contributed by atoms with E-state index in [2.05, 4.69) is 5.32 Å². The lowest BCUT2D eigenvalue weighted by atomic mass is 9.94. The van der Waals surface area contributed by atoms with Gasteiger partial charge in [-0.05, 0) is 54.8 Å². The number of carbonyl (C=O) groups is 2. The number of nitrogens with zero attached hydrogens (tertiary/aromatic N) is 2. The molecule has 1 saturated carbocycles. The van der Waals surface area contributed by atoms with Crippen LogP contribution in [0.4, 0.5) is 5.69 Å². The number of hydrogen-bond acceptors (Lipinski definition) is 6. The number of benzene rings is 4. The van der Waals surface area contributed by atoms with Crippen LogP contribution in [0.3, 0.4) is 0 Å². The Balaban J connectivity index is 1.61. The summed E-state index contributed by atoms with van der Waals surface area (Å²) in [5.41, 5.74) is 1.44. The minimum atomic E-state index is -4.31. The Kier molecular flexibility index (Phi) is 12.7. The molecule has 0 heterocycles. The molecule has 12 heteroatoms. The van der Waals surface area contributed by atoms with Gasteiger partial charge in [-0.25, -0.2) is 8.42 Å². The SMILES string of the molecule is COc1ccc(N(CC(=O)N(Cc2c(Cl)cccc2Cl)[C@@H](Cc2ccccc2)C(=O)NC2CCCCC2)S(=O)(=O)c2ccccc2)cc1OC. The summed E-state index contributed by atoms with van der Waals surface area (Å²) in [6.45, 7) is -0.783. The Morgan fingerprint density at radius 1 is 0.820 bits per heavy atom. The second kappa shape index (κ2) is 17.1. The van der Waals surface area contributed by atoms with Gasteiger partial charge in [0, 0.05) is 40.7 Å². The number of hydrogen-bond donors (Lipinski definition) is 1. The molecular weight excluding hydrogens is 697 g/mol. The van der Waals surface area contributed by atoms with Crippen LogP contribution in [0.5, 0.6) is 11.5 Å². The fourth-order valence-electron chi connectivity index (χ4n) is 6.18. The summed E-state index contributed by atoms with van der Waals surface area (Å²) < 4.78 is 40.6. The van der Waals surface area contributed by atoms with Crippen molar-refractivity contribution in [3.8, 4) is 11.5 Å². The van der Waals surface area contributed by atoms with Crippen LogP contribution in [0, 0.1) is 0 Å². The van der Waals surface area contributed by atoms with Gasteiger partial charge in [0.2, 0.25) is 11.8 Å². The Hall–Kier alpha value is -4.25. The lowest BCUT2D eigenvalue weighted by Crippen LogP contribution is -2.55. The molecule has 1 atom stereocenters. The number of nitrogens with one attached hydrogen (secondary N) is 1. The molecule has 0 unspecified atom stereocenters. The van der Waals surface area contributed by atoms with Gasteiger partial charge < -0.3 is 19.7 Å². The third-order valence-corrected chi connectivity index (χ3v) is 11.4. The van der Waals surface area contributed by atoms with Crippen LogP contribution in [0.15, 0.2) is 102 Å². The zero-order valence-electron chi connectivity index (χ0n) is 28.1. The Bertz CT molecular complexity index is 1850. The lowest BCUT2D eigenvalue weighted by molar-refractivity contribution is -0.140. The van der Waals surface area contributed by atoms with Crippen LogP contribution >= 0.6 is 23.2 Å².